The van der Waals surface area contributed by atoms with Crippen molar-refractivity contribution in [2.75, 3.05) is 4.90 Å². The number of fused-ring (bicyclic) bond motifs is 14. The molecule has 46 heavy (non-hydrogen) atoms. The summed E-state index contributed by atoms with van der Waals surface area (Å²) in [6.07, 6.45) is 0. The van der Waals surface area contributed by atoms with Gasteiger partial charge in [0.2, 0.25) is 0 Å². The summed E-state index contributed by atoms with van der Waals surface area (Å²) in [6.45, 7) is 2.20. The summed E-state index contributed by atoms with van der Waals surface area (Å²) >= 11 is 1.93. The first-order valence-corrected chi connectivity index (χ1v) is 16.8. The highest BCUT2D eigenvalue weighted by atomic mass is 32.1. The van der Waals surface area contributed by atoms with Gasteiger partial charge in [0.25, 0.3) is 0 Å². The third kappa shape index (κ3) is 3.29. The van der Waals surface area contributed by atoms with Crippen molar-refractivity contribution >= 4 is 48.6 Å². The van der Waals surface area contributed by atoms with E-state index in [0.29, 0.717) is 0 Å². The molecular weight excluding hydrogens is 575 g/mol. The molecule has 0 radical (unpaired) electrons. The Morgan fingerprint density at radius 2 is 1.15 bits per heavy atom. The highest BCUT2D eigenvalue weighted by Crippen LogP contribution is 2.65. The van der Waals surface area contributed by atoms with Gasteiger partial charge in [-0.1, -0.05) is 121 Å². The molecule has 2 aliphatic carbocycles. The van der Waals surface area contributed by atoms with E-state index in [4.69, 9.17) is 0 Å². The SMILES string of the molecule is Cc1ccccc1N(c1ccccc1)c1ccc2c(c1)C1(c3ccccc3-2)c2ccccc2-c2c1ccc1c2sc2ccccc21. The van der Waals surface area contributed by atoms with Crippen molar-refractivity contribution in [3.8, 4) is 22.3 Å². The van der Waals surface area contributed by atoms with Crippen molar-refractivity contribution in [3.05, 3.63) is 186 Å². The Kier molecular flexibility index (Phi) is 5.35. The number of hydrogen-bond acceptors (Lipinski definition) is 2. The summed E-state index contributed by atoms with van der Waals surface area (Å²) in [5.41, 5.74) is 15.2. The Labute approximate surface area is 272 Å². The van der Waals surface area contributed by atoms with E-state index < -0.39 is 5.41 Å². The molecule has 0 amide bonds. The summed E-state index contributed by atoms with van der Waals surface area (Å²) in [4.78, 5) is 2.42. The van der Waals surface area contributed by atoms with Gasteiger partial charge >= 0.3 is 0 Å². The summed E-state index contributed by atoms with van der Waals surface area (Å²) in [7, 11) is 0. The standard InChI is InChI=1S/C44H29NS/c1-28-13-5-11-21-40(28)45(29-14-3-2-4-15-29)30-23-24-32-31-16-6-9-19-36(31)44(39(32)27-30)37-20-10-7-18-35(37)42-38(44)26-25-34-33-17-8-12-22-41(33)46-43(34)42/h2-27H,1H3. The van der Waals surface area contributed by atoms with Crippen LogP contribution in [0.4, 0.5) is 17.1 Å². The third-order valence-corrected chi connectivity index (χ3v) is 11.4. The van der Waals surface area contributed by atoms with Gasteiger partial charge in [-0.15, -0.1) is 11.3 Å². The van der Waals surface area contributed by atoms with Crippen LogP contribution >= 0.6 is 11.3 Å². The number of nitrogens with zero attached hydrogens (tertiary/aromatic N) is 1. The summed E-state index contributed by atoms with van der Waals surface area (Å²) in [5.74, 6) is 0. The van der Waals surface area contributed by atoms with Crippen LogP contribution in [0.25, 0.3) is 42.4 Å². The van der Waals surface area contributed by atoms with Crippen LogP contribution in [0.15, 0.2) is 158 Å². The Morgan fingerprint density at radius 3 is 2.00 bits per heavy atom. The molecule has 0 bridgehead atoms. The Hall–Kier alpha value is -5.44. The van der Waals surface area contributed by atoms with E-state index in [2.05, 4.69) is 170 Å². The zero-order valence-electron chi connectivity index (χ0n) is 25.4. The van der Waals surface area contributed by atoms with Crippen LogP contribution in [0.2, 0.25) is 0 Å². The molecule has 0 saturated heterocycles. The molecule has 1 nitrogen and oxygen atoms in total. The molecule has 0 N–H and O–H groups in total. The van der Waals surface area contributed by atoms with Crippen LogP contribution in [0.1, 0.15) is 27.8 Å². The zero-order chi connectivity index (χ0) is 30.4. The van der Waals surface area contributed by atoms with Crippen LogP contribution in [0.5, 0.6) is 0 Å². The van der Waals surface area contributed by atoms with Gasteiger partial charge in [0.05, 0.1) is 5.41 Å². The first-order chi connectivity index (χ1) is 22.7. The lowest BCUT2D eigenvalue weighted by Gasteiger charge is -2.32. The highest BCUT2D eigenvalue weighted by Gasteiger charge is 2.52. The highest BCUT2D eigenvalue weighted by molar-refractivity contribution is 7.26. The van der Waals surface area contributed by atoms with Crippen LogP contribution in [0.3, 0.4) is 0 Å². The topological polar surface area (TPSA) is 3.24 Å². The van der Waals surface area contributed by atoms with E-state index in [9.17, 15) is 0 Å². The zero-order valence-corrected chi connectivity index (χ0v) is 26.2. The lowest BCUT2D eigenvalue weighted by Crippen LogP contribution is -2.26. The van der Waals surface area contributed by atoms with Gasteiger partial charge in [-0.2, -0.15) is 0 Å². The largest absolute Gasteiger partial charge is 0.310 e. The Morgan fingerprint density at radius 1 is 0.478 bits per heavy atom. The molecule has 216 valence electrons. The molecule has 10 rings (SSSR count). The number of thiophene rings is 1. The Bertz CT molecular complexity index is 2510. The van der Waals surface area contributed by atoms with Crippen LogP contribution < -0.4 is 4.90 Å². The molecule has 0 aliphatic heterocycles. The minimum Gasteiger partial charge on any atom is -0.310 e. The summed E-state index contributed by atoms with van der Waals surface area (Å²) in [6, 6.07) is 58.6. The molecular formula is C44H29NS. The van der Waals surface area contributed by atoms with E-state index >= 15 is 0 Å². The fourth-order valence-corrected chi connectivity index (χ4v) is 9.61. The molecule has 1 unspecified atom stereocenters. The van der Waals surface area contributed by atoms with Crippen molar-refractivity contribution in [1.29, 1.82) is 0 Å². The molecule has 2 aliphatic rings. The molecule has 0 fully saturated rings. The number of anilines is 3. The number of para-hydroxylation sites is 2. The average molecular weight is 604 g/mol. The molecule has 7 aromatic carbocycles. The minimum absolute atomic E-state index is 0.410. The van der Waals surface area contributed by atoms with Crippen molar-refractivity contribution in [2.45, 2.75) is 12.3 Å². The maximum Gasteiger partial charge on any atom is 0.0726 e. The molecule has 8 aromatic rings. The van der Waals surface area contributed by atoms with Gasteiger partial charge in [-0.3, -0.25) is 0 Å². The Balaban J connectivity index is 1.32. The van der Waals surface area contributed by atoms with Crippen molar-refractivity contribution < 1.29 is 0 Å². The van der Waals surface area contributed by atoms with Gasteiger partial charge in [-0.05, 0) is 87.8 Å². The monoisotopic (exact) mass is 603 g/mol. The van der Waals surface area contributed by atoms with E-state index in [0.717, 1.165) is 5.69 Å². The lowest BCUT2D eigenvalue weighted by atomic mass is 9.70. The van der Waals surface area contributed by atoms with Crippen molar-refractivity contribution in [1.82, 2.24) is 0 Å². The molecule has 1 aromatic heterocycles. The molecule has 1 atom stereocenters. The second-order valence-corrected chi connectivity index (χ2v) is 13.5. The first-order valence-electron chi connectivity index (χ1n) is 15.9. The normalized spacial score (nSPS) is 15.6. The van der Waals surface area contributed by atoms with Gasteiger partial charge in [0, 0.05) is 42.8 Å². The number of rotatable bonds is 3. The van der Waals surface area contributed by atoms with Gasteiger partial charge in [-0.25, -0.2) is 0 Å². The quantitative estimate of drug-likeness (QED) is 0.194. The number of hydrogen-bond donors (Lipinski definition) is 0. The van der Waals surface area contributed by atoms with Gasteiger partial charge in [0.15, 0.2) is 0 Å². The van der Waals surface area contributed by atoms with Crippen LogP contribution in [0, 0.1) is 6.92 Å². The lowest BCUT2D eigenvalue weighted by molar-refractivity contribution is 0.794. The summed E-state index contributed by atoms with van der Waals surface area (Å²) < 4.78 is 2.73. The smallest absolute Gasteiger partial charge is 0.0726 e. The second kappa shape index (κ2) is 9.53. The number of aryl methyl sites for hydroxylation is 1. The predicted molar refractivity (Wildman–Crippen MR) is 195 cm³/mol. The van der Waals surface area contributed by atoms with E-state index in [1.54, 1.807) is 0 Å². The molecule has 1 spiro atoms. The van der Waals surface area contributed by atoms with Crippen LogP contribution in [-0.2, 0) is 5.41 Å². The number of benzene rings is 7. The fraction of sp³-hybridized carbons (Fsp3) is 0.0455. The molecule has 2 heteroatoms. The average Bonchev–Trinajstić information content (AvgIpc) is 3.73. The van der Waals surface area contributed by atoms with E-state index in [1.807, 2.05) is 11.3 Å². The van der Waals surface area contributed by atoms with Crippen molar-refractivity contribution in [2.24, 2.45) is 0 Å². The maximum absolute atomic E-state index is 2.48. The fourth-order valence-electron chi connectivity index (χ4n) is 8.35. The van der Waals surface area contributed by atoms with Crippen molar-refractivity contribution in [3.63, 3.8) is 0 Å². The third-order valence-electron chi connectivity index (χ3n) is 10.2. The minimum atomic E-state index is -0.410. The predicted octanol–water partition coefficient (Wildman–Crippen LogP) is 12.2. The van der Waals surface area contributed by atoms with Crippen LogP contribution in [-0.4, -0.2) is 0 Å². The van der Waals surface area contributed by atoms with E-state index in [-0.39, 0.29) is 0 Å². The summed E-state index contributed by atoms with van der Waals surface area (Å²) in [5, 5.41) is 2.69. The first kappa shape index (κ1) is 25.8. The maximum atomic E-state index is 2.48. The van der Waals surface area contributed by atoms with Gasteiger partial charge < -0.3 is 4.90 Å². The molecule has 0 saturated carbocycles. The molecule has 1 heterocycles. The van der Waals surface area contributed by atoms with E-state index in [1.165, 1.54) is 81.6 Å². The van der Waals surface area contributed by atoms with Gasteiger partial charge in [0.1, 0.15) is 0 Å². The second-order valence-electron chi connectivity index (χ2n) is 12.5.